The molecule has 1 saturated carbocycles. The Kier molecular flexibility index (Phi) is 7.74. The number of carbonyl (C=O) groups excluding carboxylic acids is 1. The standard InChI is InChI=1S/C15H23N3O2S.2ClH/c1-15(16)5-3-2-4-11(15)14(19)18-7-8-20-12(10-18)13-17-6-9-21-13;;/h6,9,11-12H,2-5,7-8,10,16H2,1H3;2*1H. The number of halogens is 2. The molecule has 0 aromatic carbocycles. The summed E-state index contributed by atoms with van der Waals surface area (Å²) in [5.41, 5.74) is 6.00. The number of hydrogen-bond donors (Lipinski definition) is 1. The Balaban J connectivity index is 0.00000132. The van der Waals surface area contributed by atoms with Gasteiger partial charge < -0.3 is 15.4 Å². The first kappa shape index (κ1) is 20.6. The van der Waals surface area contributed by atoms with Gasteiger partial charge in [0.05, 0.1) is 19.1 Å². The van der Waals surface area contributed by atoms with Crippen molar-refractivity contribution in [1.82, 2.24) is 9.88 Å². The Bertz CT molecular complexity index is 499. The third-order valence-electron chi connectivity index (χ3n) is 4.66. The molecule has 3 rings (SSSR count). The second kappa shape index (κ2) is 8.62. The van der Waals surface area contributed by atoms with Gasteiger partial charge in [0.15, 0.2) is 0 Å². The Labute approximate surface area is 153 Å². The van der Waals surface area contributed by atoms with E-state index in [4.69, 9.17) is 10.5 Å². The Hall–Kier alpha value is -0.400. The van der Waals surface area contributed by atoms with Crippen LogP contribution in [0.2, 0.25) is 0 Å². The van der Waals surface area contributed by atoms with Crippen LogP contribution in [-0.4, -0.2) is 41.0 Å². The molecule has 1 aromatic heterocycles. The molecule has 8 heteroatoms. The van der Waals surface area contributed by atoms with Crippen molar-refractivity contribution in [3.63, 3.8) is 0 Å². The van der Waals surface area contributed by atoms with Gasteiger partial charge in [0.1, 0.15) is 11.1 Å². The topological polar surface area (TPSA) is 68.5 Å². The quantitative estimate of drug-likeness (QED) is 0.854. The Morgan fingerprint density at radius 1 is 1.48 bits per heavy atom. The number of thiazole rings is 1. The monoisotopic (exact) mass is 381 g/mol. The van der Waals surface area contributed by atoms with E-state index in [0.29, 0.717) is 19.7 Å². The van der Waals surface area contributed by atoms with Crippen LogP contribution >= 0.6 is 36.2 Å². The summed E-state index contributed by atoms with van der Waals surface area (Å²) in [7, 11) is 0. The summed E-state index contributed by atoms with van der Waals surface area (Å²) in [6, 6.07) is 0. The Morgan fingerprint density at radius 3 is 2.91 bits per heavy atom. The van der Waals surface area contributed by atoms with Crippen molar-refractivity contribution in [3.8, 4) is 0 Å². The van der Waals surface area contributed by atoms with Crippen LogP contribution in [0.3, 0.4) is 0 Å². The van der Waals surface area contributed by atoms with Gasteiger partial charge in [-0.25, -0.2) is 4.98 Å². The van der Waals surface area contributed by atoms with Crippen LogP contribution in [0.1, 0.15) is 43.7 Å². The van der Waals surface area contributed by atoms with Crippen LogP contribution < -0.4 is 5.73 Å². The molecule has 2 N–H and O–H groups in total. The van der Waals surface area contributed by atoms with Crippen LogP contribution in [0.15, 0.2) is 11.6 Å². The van der Waals surface area contributed by atoms with Crippen molar-refractivity contribution in [2.75, 3.05) is 19.7 Å². The van der Waals surface area contributed by atoms with Crippen LogP contribution in [0.25, 0.3) is 0 Å². The maximum absolute atomic E-state index is 12.9. The number of carbonyl (C=O) groups is 1. The number of morpholine rings is 1. The molecule has 0 bridgehead atoms. The van der Waals surface area contributed by atoms with Crippen LogP contribution in [-0.2, 0) is 9.53 Å². The van der Waals surface area contributed by atoms with Gasteiger partial charge >= 0.3 is 0 Å². The first-order chi connectivity index (χ1) is 10.1. The lowest BCUT2D eigenvalue weighted by atomic mass is 9.74. The van der Waals surface area contributed by atoms with Gasteiger partial charge in [-0.05, 0) is 19.8 Å². The molecular weight excluding hydrogens is 357 g/mol. The largest absolute Gasteiger partial charge is 0.367 e. The molecule has 2 aliphatic rings. The van der Waals surface area contributed by atoms with Crippen molar-refractivity contribution in [1.29, 1.82) is 0 Å². The minimum absolute atomic E-state index is 0. The molecule has 0 spiro atoms. The molecule has 3 unspecified atom stereocenters. The highest BCUT2D eigenvalue weighted by molar-refractivity contribution is 7.09. The lowest BCUT2D eigenvalue weighted by Crippen LogP contribution is -2.55. The number of hydrogen-bond acceptors (Lipinski definition) is 5. The van der Waals surface area contributed by atoms with Gasteiger partial charge in [0.2, 0.25) is 5.91 Å². The zero-order valence-corrected chi connectivity index (χ0v) is 15.7. The van der Waals surface area contributed by atoms with E-state index in [-0.39, 0.29) is 48.3 Å². The van der Waals surface area contributed by atoms with Crippen LogP contribution in [0, 0.1) is 5.92 Å². The fourth-order valence-electron chi connectivity index (χ4n) is 3.38. The summed E-state index contributed by atoms with van der Waals surface area (Å²) < 4.78 is 5.76. The zero-order valence-electron chi connectivity index (χ0n) is 13.3. The molecule has 132 valence electrons. The van der Waals surface area contributed by atoms with E-state index >= 15 is 0 Å². The first-order valence-electron chi connectivity index (χ1n) is 7.66. The van der Waals surface area contributed by atoms with E-state index in [9.17, 15) is 4.79 Å². The zero-order chi connectivity index (χ0) is 14.9. The highest BCUT2D eigenvalue weighted by Crippen LogP contribution is 2.34. The molecule has 1 saturated heterocycles. The highest BCUT2D eigenvalue weighted by Gasteiger charge is 2.41. The first-order valence-corrected chi connectivity index (χ1v) is 8.54. The second-order valence-electron chi connectivity index (χ2n) is 6.32. The fourth-order valence-corrected chi connectivity index (χ4v) is 4.05. The molecule has 23 heavy (non-hydrogen) atoms. The van der Waals surface area contributed by atoms with Gasteiger partial charge in [-0.1, -0.05) is 12.8 Å². The number of rotatable bonds is 2. The normalized spacial score (nSPS) is 31.0. The molecule has 2 heterocycles. The van der Waals surface area contributed by atoms with Crippen molar-refractivity contribution < 1.29 is 9.53 Å². The van der Waals surface area contributed by atoms with E-state index in [1.807, 2.05) is 17.2 Å². The molecule has 0 radical (unpaired) electrons. The van der Waals surface area contributed by atoms with Crippen molar-refractivity contribution >= 4 is 42.1 Å². The summed E-state index contributed by atoms with van der Waals surface area (Å²) in [5.74, 6) is 0.144. The molecule has 2 fully saturated rings. The van der Waals surface area contributed by atoms with E-state index in [0.717, 1.165) is 30.7 Å². The van der Waals surface area contributed by atoms with Crippen LogP contribution in [0.4, 0.5) is 0 Å². The van der Waals surface area contributed by atoms with Crippen molar-refractivity contribution in [2.45, 2.75) is 44.2 Å². The van der Waals surface area contributed by atoms with Gasteiger partial charge in [0.25, 0.3) is 0 Å². The van der Waals surface area contributed by atoms with E-state index in [2.05, 4.69) is 4.98 Å². The molecule has 3 atom stereocenters. The van der Waals surface area contributed by atoms with Crippen molar-refractivity contribution in [3.05, 3.63) is 16.6 Å². The molecular formula is C15H25Cl2N3O2S. The Morgan fingerprint density at radius 2 is 2.26 bits per heavy atom. The van der Waals surface area contributed by atoms with E-state index in [1.165, 1.54) is 0 Å². The molecule has 1 aliphatic heterocycles. The lowest BCUT2D eigenvalue weighted by molar-refractivity contribution is -0.146. The highest BCUT2D eigenvalue weighted by atomic mass is 35.5. The summed E-state index contributed by atoms with van der Waals surface area (Å²) in [5, 5.41) is 2.89. The third-order valence-corrected chi connectivity index (χ3v) is 5.52. The molecule has 1 aliphatic carbocycles. The molecule has 1 amide bonds. The fraction of sp³-hybridized carbons (Fsp3) is 0.733. The number of nitrogens with two attached hydrogens (primary N) is 1. The predicted octanol–water partition coefficient (Wildman–Crippen LogP) is 2.79. The third kappa shape index (κ3) is 4.57. The second-order valence-corrected chi connectivity index (χ2v) is 7.24. The summed E-state index contributed by atoms with van der Waals surface area (Å²) in [6.45, 7) is 3.85. The average Bonchev–Trinajstić information content (AvgIpc) is 3.00. The lowest BCUT2D eigenvalue weighted by Gasteiger charge is -2.41. The number of nitrogens with zero attached hydrogens (tertiary/aromatic N) is 2. The van der Waals surface area contributed by atoms with Gasteiger partial charge in [0, 0.05) is 23.7 Å². The smallest absolute Gasteiger partial charge is 0.227 e. The molecule has 1 aromatic rings. The van der Waals surface area contributed by atoms with E-state index < -0.39 is 0 Å². The number of amides is 1. The minimum Gasteiger partial charge on any atom is -0.367 e. The number of ether oxygens (including phenoxy) is 1. The molecule has 5 nitrogen and oxygen atoms in total. The van der Waals surface area contributed by atoms with Gasteiger partial charge in [-0.15, -0.1) is 36.2 Å². The van der Waals surface area contributed by atoms with E-state index in [1.54, 1.807) is 17.5 Å². The summed E-state index contributed by atoms with van der Waals surface area (Å²) >= 11 is 1.58. The summed E-state index contributed by atoms with van der Waals surface area (Å²) in [4.78, 5) is 19.1. The average molecular weight is 382 g/mol. The van der Waals surface area contributed by atoms with Crippen LogP contribution in [0.5, 0.6) is 0 Å². The van der Waals surface area contributed by atoms with Crippen molar-refractivity contribution in [2.24, 2.45) is 11.7 Å². The van der Waals surface area contributed by atoms with Gasteiger partial charge in [-0.3, -0.25) is 4.79 Å². The summed E-state index contributed by atoms with van der Waals surface area (Å²) in [6.07, 6.45) is 5.76. The maximum Gasteiger partial charge on any atom is 0.227 e. The predicted molar refractivity (Wildman–Crippen MR) is 96.4 cm³/mol. The maximum atomic E-state index is 12.9. The SMILES string of the molecule is CC1(N)CCCCC1C(=O)N1CCOC(c2nccs2)C1.Cl.Cl. The van der Waals surface area contributed by atoms with Gasteiger partial charge in [-0.2, -0.15) is 0 Å². The number of aromatic nitrogens is 1. The minimum atomic E-state index is -0.371.